The van der Waals surface area contributed by atoms with Crippen molar-refractivity contribution in [2.75, 3.05) is 6.61 Å². The summed E-state index contributed by atoms with van der Waals surface area (Å²) in [7, 11) is 0. The molecule has 0 amide bonds. The lowest BCUT2D eigenvalue weighted by Gasteiger charge is -2.09. The molecule has 6 heteroatoms. The molecule has 0 radical (unpaired) electrons. The number of furan rings is 1. The fraction of sp³-hybridized carbons (Fsp3) is 0.125. The zero-order chi connectivity index (χ0) is 21.1. The summed E-state index contributed by atoms with van der Waals surface area (Å²) in [5.74, 6) is 0.648. The van der Waals surface area contributed by atoms with Crippen LogP contribution < -0.4 is 4.74 Å². The SMILES string of the molecule is CCOC(=O)c1c(-c2ccccc2)oc2cc(Br)c(OCc3ccc(Cl)cc3)cc12. The van der Waals surface area contributed by atoms with Gasteiger partial charge in [-0.25, -0.2) is 4.79 Å². The van der Waals surface area contributed by atoms with Crippen molar-refractivity contribution < 1.29 is 18.7 Å². The van der Waals surface area contributed by atoms with Crippen LogP contribution in [0.2, 0.25) is 5.02 Å². The zero-order valence-electron chi connectivity index (χ0n) is 16.2. The van der Waals surface area contributed by atoms with E-state index < -0.39 is 5.97 Å². The second-order valence-corrected chi connectivity index (χ2v) is 7.88. The molecule has 0 saturated carbocycles. The molecule has 1 aromatic heterocycles. The summed E-state index contributed by atoms with van der Waals surface area (Å²) >= 11 is 9.48. The minimum absolute atomic E-state index is 0.274. The van der Waals surface area contributed by atoms with Crippen LogP contribution in [0, 0.1) is 0 Å². The summed E-state index contributed by atoms with van der Waals surface area (Å²) in [6.45, 7) is 2.41. The molecule has 0 aliphatic carbocycles. The first-order chi connectivity index (χ1) is 14.6. The number of benzene rings is 3. The minimum atomic E-state index is -0.430. The Morgan fingerprint density at radius 3 is 2.50 bits per heavy atom. The van der Waals surface area contributed by atoms with Gasteiger partial charge in [0.1, 0.15) is 29.3 Å². The van der Waals surface area contributed by atoms with Crippen molar-refractivity contribution in [3.63, 3.8) is 0 Å². The predicted octanol–water partition coefficient (Wildman–Crippen LogP) is 7.27. The van der Waals surface area contributed by atoms with Crippen LogP contribution in [-0.4, -0.2) is 12.6 Å². The van der Waals surface area contributed by atoms with Gasteiger partial charge in [0.25, 0.3) is 0 Å². The lowest BCUT2D eigenvalue weighted by molar-refractivity contribution is 0.0529. The molecule has 1 heterocycles. The number of esters is 1. The Labute approximate surface area is 187 Å². The molecule has 0 aliphatic heterocycles. The number of halogens is 2. The van der Waals surface area contributed by atoms with Crippen LogP contribution in [0.4, 0.5) is 0 Å². The lowest BCUT2D eigenvalue weighted by atomic mass is 10.1. The van der Waals surface area contributed by atoms with Crippen LogP contribution in [0.25, 0.3) is 22.3 Å². The zero-order valence-corrected chi connectivity index (χ0v) is 18.5. The van der Waals surface area contributed by atoms with Crippen LogP contribution in [0.1, 0.15) is 22.8 Å². The molecule has 3 aromatic carbocycles. The van der Waals surface area contributed by atoms with Gasteiger partial charge in [-0.3, -0.25) is 0 Å². The molecular weight excluding hydrogens is 468 g/mol. The Balaban J connectivity index is 1.76. The smallest absolute Gasteiger partial charge is 0.342 e. The summed E-state index contributed by atoms with van der Waals surface area (Å²) in [6, 6.07) is 20.6. The van der Waals surface area contributed by atoms with Gasteiger partial charge >= 0.3 is 5.97 Å². The Kier molecular flexibility index (Phi) is 6.11. The number of ether oxygens (including phenoxy) is 2. The summed E-state index contributed by atoms with van der Waals surface area (Å²) in [4.78, 5) is 12.8. The number of carbonyl (C=O) groups excluding carboxylic acids is 1. The van der Waals surface area contributed by atoms with E-state index >= 15 is 0 Å². The third-order valence-electron chi connectivity index (χ3n) is 4.57. The largest absolute Gasteiger partial charge is 0.488 e. The Morgan fingerprint density at radius 1 is 1.07 bits per heavy atom. The number of fused-ring (bicyclic) bond motifs is 1. The van der Waals surface area contributed by atoms with Crippen molar-refractivity contribution in [1.82, 2.24) is 0 Å². The second kappa shape index (κ2) is 8.94. The maximum Gasteiger partial charge on any atom is 0.342 e. The van der Waals surface area contributed by atoms with E-state index in [4.69, 9.17) is 25.5 Å². The maximum absolute atomic E-state index is 12.8. The molecule has 152 valence electrons. The number of hydrogen-bond acceptors (Lipinski definition) is 4. The van der Waals surface area contributed by atoms with E-state index in [2.05, 4.69) is 15.9 Å². The standard InChI is InChI=1S/C24H18BrClO4/c1-2-28-24(27)22-18-12-21(29-14-15-8-10-17(26)11-9-15)19(25)13-20(18)30-23(22)16-6-4-3-5-7-16/h3-13H,2,14H2,1H3. The number of carbonyl (C=O) groups is 1. The topological polar surface area (TPSA) is 48.7 Å². The van der Waals surface area contributed by atoms with Crippen LogP contribution in [-0.2, 0) is 11.3 Å². The van der Waals surface area contributed by atoms with Crippen molar-refractivity contribution in [2.24, 2.45) is 0 Å². The number of hydrogen-bond donors (Lipinski definition) is 0. The van der Waals surface area contributed by atoms with Crippen LogP contribution in [0.5, 0.6) is 5.75 Å². The van der Waals surface area contributed by atoms with Gasteiger partial charge in [0, 0.05) is 16.0 Å². The van der Waals surface area contributed by atoms with Gasteiger partial charge in [0.15, 0.2) is 0 Å². The van der Waals surface area contributed by atoms with Gasteiger partial charge in [-0.1, -0.05) is 54.1 Å². The summed E-state index contributed by atoms with van der Waals surface area (Å²) in [5.41, 5.74) is 2.75. The van der Waals surface area contributed by atoms with E-state index in [9.17, 15) is 4.79 Å². The molecule has 0 spiro atoms. The highest BCUT2D eigenvalue weighted by Crippen LogP contribution is 2.39. The maximum atomic E-state index is 12.8. The molecule has 4 aromatic rings. The molecular formula is C24H18BrClO4. The highest BCUT2D eigenvalue weighted by Gasteiger charge is 2.24. The molecule has 4 rings (SSSR count). The summed E-state index contributed by atoms with van der Waals surface area (Å²) in [5, 5.41) is 1.31. The van der Waals surface area contributed by atoms with E-state index in [1.165, 1.54) is 0 Å². The van der Waals surface area contributed by atoms with Gasteiger partial charge in [-0.05, 0) is 52.7 Å². The fourth-order valence-corrected chi connectivity index (χ4v) is 3.71. The fourth-order valence-electron chi connectivity index (χ4n) is 3.15. The molecule has 0 bridgehead atoms. The Hall–Kier alpha value is -2.76. The molecule has 0 fully saturated rings. The predicted molar refractivity (Wildman–Crippen MR) is 121 cm³/mol. The lowest BCUT2D eigenvalue weighted by Crippen LogP contribution is -2.05. The van der Waals surface area contributed by atoms with Gasteiger partial charge in [0.05, 0.1) is 11.1 Å². The summed E-state index contributed by atoms with van der Waals surface area (Å²) in [6.07, 6.45) is 0. The third kappa shape index (κ3) is 4.23. The van der Waals surface area contributed by atoms with Crippen molar-refractivity contribution in [1.29, 1.82) is 0 Å². The van der Waals surface area contributed by atoms with E-state index in [0.717, 1.165) is 15.6 Å². The quantitative estimate of drug-likeness (QED) is 0.269. The van der Waals surface area contributed by atoms with E-state index in [1.807, 2.05) is 60.7 Å². The first kappa shape index (κ1) is 20.5. The highest BCUT2D eigenvalue weighted by molar-refractivity contribution is 9.10. The molecule has 4 nitrogen and oxygen atoms in total. The van der Waals surface area contributed by atoms with Gasteiger partial charge < -0.3 is 13.9 Å². The molecule has 0 N–H and O–H groups in total. The molecule has 0 unspecified atom stereocenters. The van der Waals surface area contributed by atoms with Crippen LogP contribution in [0.15, 0.2) is 75.6 Å². The monoisotopic (exact) mass is 484 g/mol. The normalized spacial score (nSPS) is 10.9. The average molecular weight is 486 g/mol. The van der Waals surface area contributed by atoms with Crippen molar-refractivity contribution in [3.8, 4) is 17.1 Å². The van der Waals surface area contributed by atoms with Crippen LogP contribution in [0.3, 0.4) is 0 Å². The van der Waals surface area contributed by atoms with Gasteiger partial charge in [0.2, 0.25) is 0 Å². The van der Waals surface area contributed by atoms with Crippen molar-refractivity contribution in [2.45, 2.75) is 13.5 Å². The van der Waals surface area contributed by atoms with E-state index in [0.29, 0.717) is 39.7 Å². The van der Waals surface area contributed by atoms with Gasteiger partial charge in [-0.15, -0.1) is 0 Å². The Bertz CT molecular complexity index is 1180. The Morgan fingerprint density at radius 2 is 1.80 bits per heavy atom. The average Bonchev–Trinajstić information content (AvgIpc) is 3.12. The highest BCUT2D eigenvalue weighted by atomic mass is 79.9. The molecule has 0 aliphatic rings. The first-order valence-electron chi connectivity index (χ1n) is 9.42. The van der Waals surface area contributed by atoms with E-state index in [1.54, 1.807) is 13.0 Å². The molecule has 30 heavy (non-hydrogen) atoms. The number of rotatable bonds is 6. The second-order valence-electron chi connectivity index (χ2n) is 6.59. The molecule has 0 saturated heterocycles. The van der Waals surface area contributed by atoms with Gasteiger partial charge in [-0.2, -0.15) is 0 Å². The van der Waals surface area contributed by atoms with Crippen LogP contribution >= 0.6 is 27.5 Å². The van der Waals surface area contributed by atoms with Crippen molar-refractivity contribution >= 4 is 44.5 Å². The van der Waals surface area contributed by atoms with Crippen molar-refractivity contribution in [3.05, 3.63) is 87.4 Å². The third-order valence-corrected chi connectivity index (χ3v) is 5.44. The first-order valence-corrected chi connectivity index (χ1v) is 10.6. The molecule has 0 atom stereocenters. The minimum Gasteiger partial charge on any atom is -0.488 e. The summed E-state index contributed by atoms with van der Waals surface area (Å²) < 4.78 is 18.1. The van der Waals surface area contributed by atoms with E-state index in [-0.39, 0.29) is 6.61 Å².